The minimum Gasteiger partial charge on any atom is -0.463 e. The quantitative estimate of drug-likeness (QED) is 0.742. The Labute approximate surface area is 155 Å². The lowest BCUT2D eigenvalue weighted by Gasteiger charge is -2.29. The Balaban J connectivity index is 1.51. The number of hydrogen-bond acceptors (Lipinski definition) is 5. The highest BCUT2D eigenvalue weighted by atomic mass is 16.5. The molecule has 1 saturated heterocycles. The predicted octanol–water partition coefficient (Wildman–Crippen LogP) is 2.72. The van der Waals surface area contributed by atoms with E-state index in [2.05, 4.69) is 15.2 Å². The van der Waals surface area contributed by atoms with E-state index in [4.69, 9.17) is 9.15 Å². The topological polar surface area (TPSA) is 87.6 Å². The van der Waals surface area contributed by atoms with Crippen LogP contribution in [0.3, 0.4) is 0 Å². The van der Waals surface area contributed by atoms with Crippen molar-refractivity contribution < 1.29 is 13.9 Å². The lowest BCUT2D eigenvalue weighted by atomic mass is 10.2. The van der Waals surface area contributed by atoms with Gasteiger partial charge in [0.15, 0.2) is 0 Å². The molecule has 0 unspecified atom stereocenters. The first-order valence-electron chi connectivity index (χ1n) is 8.72. The number of morpholine rings is 1. The fourth-order valence-electron chi connectivity index (χ4n) is 3.03. The molecule has 7 heteroatoms. The smallest absolute Gasteiger partial charge is 0.261 e. The Morgan fingerprint density at radius 1 is 1.07 bits per heavy atom. The molecule has 138 valence electrons. The Morgan fingerprint density at radius 3 is 2.67 bits per heavy atom. The standard InChI is InChI=1S/C20H19N3O4/c24-19(16-6-7-17(22-20(16)25)18-5-2-10-27-18)21-14-3-1-4-15(13-14)23-8-11-26-12-9-23/h1-7,10,13H,8-9,11-12H2,(H,21,24)(H,22,25). The SMILES string of the molecule is O=C(Nc1cccc(N2CCOCC2)c1)c1ccc(-c2ccco2)[nH]c1=O. The van der Waals surface area contributed by atoms with E-state index >= 15 is 0 Å². The zero-order chi connectivity index (χ0) is 18.6. The zero-order valence-electron chi connectivity index (χ0n) is 14.6. The first-order valence-corrected chi connectivity index (χ1v) is 8.72. The van der Waals surface area contributed by atoms with Gasteiger partial charge in [-0.25, -0.2) is 0 Å². The summed E-state index contributed by atoms with van der Waals surface area (Å²) in [5.41, 5.74) is 1.75. The summed E-state index contributed by atoms with van der Waals surface area (Å²) < 4.78 is 10.6. The van der Waals surface area contributed by atoms with Crippen molar-refractivity contribution in [2.75, 3.05) is 36.5 Å². The zero-order valence-corrected chi connectivity index (χ0v) is 14.6. The largest absolute Gasteiger partial charge is 0.463 e. The van der Waals surface area contributed by atoms with Crippen molar-refractivity contribution in [3.05, 3.63) is 70.7 Å². The summed E-state index contributed by atoms with van der Waals surface area (Å²) in [6.45, 7) is 3.00. The Kier molecular flexibility index (Phi) is 4.76. The molecular weight excluding hydrogens is 346 g/mol. The number of hydrogen-bond donors (Lipinski definition) is 2. The molecule has 1 fully saturated rings. The van der Waals surface area contributed by atoms with Crippen LogP contribution in [-0.2, 0) is 4.74 Å². The van der Waals surface area contributed by atoms with Crippen LogP contribution in [0.15, 0.2) is 64.0 Å². The molecule has 4 rings (SSSR count). The van der Waals surface area contributed by atoms with E-state index < -0.39 is 11.5 Å². The molecular formula is C20H19N3O4. The number of aromatic nitrogens is 1. The molecule has 1 aliphatic heterocycles. The van der Waals surface area contributed by atoms with Crippen LogP contribution in [0.4, 0.5) is 11.4 Å². The molecule has 0 saturated carbocycles. The van der Waals surface area contributed by atoms with Gasteiger partial charge in [-0.05, 0) is 42.5 Å². The summed E-state index contributed by atoms with van der Waals surface area (Å²) in [5, 5.41) is 2.79. The predicted molar refractivity (Wildman–Crippen MR) is 102 cm³/mol. The molecule has 0 radical (unpaired) electrons. The van der Waals surface area contributed by atoms with Crippen molar-refractivity contribution in [3.63, 3.8) is 0 Å². The van der Waals surface area contributed by atoms with E-state index in [9.17, 15) is 9.59 Å². The molecule has 0 atom stereocenters. The van der Waals surface area contributed by atoms with Crippen LogP contribution in [0.2, 0.25) is 0 Å². The molecule has 1 aromatic carbocycles. The van der Waals surface area contributed by atoms with E-state index in [0.717, 1.165) is 18.8 Å². The van der Waals surface area contributed by atoms with Gasteiger partial charge in [-0.15, -0.1) is 0 Å². The normalized spacial score (nSPS) is 14.1. The Bertz CT molecular complexity index is 988. The van der Waals surface area contributed by atoms with Gasteiger partial charge >= 0.3 is 0 Å². The van der Waals surface area contributed by atoms with Gasteiger partial charge in [-0.2, -0.15) is 0 Å². The number of H-pyrrole nitrogens is 1. The van der Waals surface area contributed by atoms with Crippen molar-refractivity contribution in [2.24, 2.45) is 0 Å². The summed E-state index contributed by atoms with van der Waals surface area (Å²) in [6.07, 6.45) is 1.52. The van der Waals surface area contributed by atoms with Crippen LogP contribution in [-0.4, -0.2) is 37.2 Å². The minimum absolute atomic E-state index is 0.0436. The van der Waals surface area contributed by atoms with E-state index in [1.165, 1.54) is 12.3 Å². The van der Waals surface area contributed by atoms with Gasteiger partial charge < -0.3 is 24.4 Å². The van der Waals surface area contributed by atoms with Crippen LogP contribution in [0.25, 0.3) is 11.5 Å². The maximum absolute atomic E-state index is 12.5. The minimum atomic E-state index is -0.467. The number of anilines is 2. The fourth-order valence-corrected chi connectivity index (χ4v) is 3.03. The van der Waals surface area contributed by atoms with E-state index in [-0.39, 0.29) is 5.56 Å². The lowest BCUT2D eigenvalue weighted by molar-refractivity contribution is 0.102. The number of aromatic amines is 1. The van der Waals surface area contributed by atoms with Crippen LogP contribution in [0.5, 0.6) is 0 Å². The molecule has 0 aliphatic carbocycles. The number of ether oxygens (including phenoxy) is 1. The molecule has 1 amide bonds. The molecule has 3 aromatic rings. The van der Waals surface area contributed by atoms with Gasteiger partial charge in [-0.3, -0.25) is 9.59 Å². The second-order valence-electron chi connectivity index (χ2n) is 6.20. The maximum Gasteiger partial charge on any atom is 0.261 e. The summed E-state index contributed by atoms with van der Waals surface area (Å²) in [7, 11) is 0. The summed E-state index contributed by atoms with van der Waals surface area (Å²) in [5.74, 6) is 0.0821. The molecule has 2 aromatic heterocycles. The molecule has 3 heterocycles. The number of nitrogens with zero attached hydrogens (tertiary/aromatic N) is 1. The van der Waals surface area contributed by atoms with Gasteiger partial charge in [-0.1, -0.05) is 6.07 Å². The molecule has 0 bridgehead atoms. The van der Waals surface area contributed by atoms with Crippen molar-refractivity contribution in [2.45, 2.75) is 0 Å². The summed E-state index contributed by atoms with van der Waals surface area (Å²) in [6, 6.07) is 14.2. The third kappa shape index (κ3) is 3.78. The number of pyridine rings is 1. The molecule has 7 nitrogen and oxygen atoms in total. The Hall–Kier alpha value is -3.32. The monoisotopic (exact) mass is 365 g/mol. The highest BCUT2D eigenvalue weighted by Crippen LogP contribution is 2.21. The van der Waals surface area contributed by atoms with Gasteiger partial charge in [0.05, 0.1) is 25.2 Å². The second-order valence-corrected chi connectivity index (χ2v) is 6.20. The highest BCUT2D eigenvalue weighted by molar-refractivity contribution is 6.04. The van der Waals surface area contributed by atoms with Crippen LogP contribution in [0.1, 0.15) is 10.4 Å². The van der Waals surface area contributed by atoms with Gasteiger partial charge in [0.25, 0.3) is 11.5 Å². The van der Waals surface area contributed by atoms with Gasteiger partial charge in [0, 0.05) is 24.5 Å². The number of carbonyl (C=O) groups is 1. The van der Waals surface area contributed by atoms with Crippen LogP contribution < -0.4 is 15.8 Å². The number of nitrogens with one attached hydrogen (secondary N) is 2. The average Bonchev–Trinajstić information content (AvgIpc) is 3.23. The number of benzene rings is 1. The second kappa shape index (κ2) is 7.51. The van der Waals surface area contributed by atoms with Crippen LogP contribution >= 0.6 is 0 Å². The third-order valence-corrected chi connectivity index (χ3v) is 4.42. The average molecular weight is 365 g/mol. The van der Waals surface area contributed by atoms with Crippen LogP contribution in [0, 0.1) is 0 Å². The molecule has 27 heavy (non-hydrogen) atoms. The summed E-state index contributed by atoms with van der Waals surface area (Å²) in [4.78, 5) is 29.7. The van der Waals surface area contributed by atoms with Crippen molar-refractivity contribution in [1.82, 2.24) is 4.98 Å². The third-order valence-electron chi connectivity index (χ3n) is 4.42. The van der Waals surface area contributed by atoms with E-state index in [1.54, 1.807) is 24.3 Å². The number of rotatable bonds is 4. The number of furan rings is 1. The van der Waals surface area contributed by atoms with Crippen molar-refractivity contribution >= 4 is 17.3 Å². The van der Waals surface area contributed by atoms with Crippen molar-refractivity contribution in [3.8, 4) is 11.5 Å². The first-order chi connectivity index (χ1) is 13.2. The molecule has 2 N–H and O–H groups in total. The van der Waals surface area contributed by atoms with E-state index in [1.807, 2.05) is 18.2 Å². The number of amides is 1. The molecule has 1 aliphatic rings. The first kappa shape index (κ1) is 17.1. The lowest BCUT2D eigenvalue weighted by Crippen LogP contribution is -2.36. The van der Waals surface area contributed by atoms with Gasteiger partial charge in [0.2, 0.25) is 0 Å². The maximum atomic E-state index is 12.5. The van der Waals surface area contributed by atoms with Crippen molar-refractivity contribution in [1.29, 1.82) is 0 Å². The molecule has 0 spiro atoms. The Morgan fingerprint density at radius 2 is 1.93 bits per heavy atom. The van der Waals surface area contributed by atoms with Gasteiger partial charge in [0.1, 0.15) is 11.3 Å². The highest BCUT2D eigenvalue weighted by Gasteiger charge is 2.15. The number of carbonyl (C=O) groups excluding carboxylic acids is 1. The van der Waals surface area contributed by atoms with E-state index in [0.29, 0.717) is 30.4 Å². The summed E-state index contributed by atoms with van der Waals surface area (Å²) >= 11 is 0. The fraction of sp³-hybridized carbons (Fsp3) is 0.200.